The number of rotatable bonds is 9. The van der Waals surface area contributed by atoms with Crippen molar-refractivity contribution in [1.29, 1.82) is 5.26 Å². The van der Waals surface area contributed by atoms with Crippen molar-refractivity contribution < 1.29 is 9.53 Å². The summed E-state index contributed by atoms with van der Waals surface area (Å²) in [6.45, 7) is 0.652. The molecule has 0 saturated carbocycles. The Morgan fingerprint density at radius 2 is 1.93 bits per heavy atom. The quantitative estimate of drug-likeness (QED) is 0.433. The van der Waals surface area contributed by atoms with Crippen molar-refractivity contribution in [3.63, 3.8) is 0 Å². The van der Waals surface area contributed by atoms with Gasteiger partial charge in [-0.3, -0.25) is 4.79 Å². The first-order valence-corrected chi connectivity index (χ1v) is 10.1. The van der Waals surface area contributed by atoms with Gasteiger partial charge in [-0.25, -0.2) is 0 Å². The summed E-state index contributed by atoms with van der Waals surface area (Å²) in [6.07, 6.45) is 0.801. The van der Waals surface area contributed by atoms with Crippen LogP contribution in [0.4, 0.5) is 0 Å². The van der Waals surface area contributed by atoms with E-state index in [0.29, 0.717) is 23.3 Å². The second-order valence-electron chi connectivity index (χ2n) is 6.12. The van der Waals surface area contributed by atoms with Gasteiger partial charge in [-0.15, -0.1) is 10.2 Å². The van der Waals surface area contributed by atoms with Crippen LogP contribution in [0.3, 0.4) is 0 Å². The first kappa shape index (κ1) is 20.4. The number of ether oxygens (including phenoxy) is 1. The van der Waals surface area contributed by atoms with Gasteiger partial charge in [-0.2, -0.15) is 5.26 Å². The third-order valence-corrected chi connectivity index (χ3v) is 5.20. The van der Waals surface area contributed by atoms with Crippen LogP contribution >= 0.6 is 11.8 Å². The fourth-order valence-electron chi connectivity index (χ4n) is 2.83. The maximum absolute atomic E-state index is 11.9. The van der Waals surface area contributed by atoms with Crippen molar-refractivity contribution in [2.24, 2.45) is 0 Å². The molecule has 1 N–H and O–H groups in total. The number of para-hydroxylation sites is 1. The lowest BCUT2D eigenvalue weighted by atomic mass is 10.1. The van der Waals surface area contributed by atoms with E-state index in [4.69, 9.17) is 10.00 Å². The number of thioether (sulfide) groups is 1. The van der Waals surface area contributed by atoms with E-state index in [1.807, 2.05) is 53.1 Å². The topological polar surface area (TPSA) is 92.8 Å². The van der Waals surface area contributed by atoms with E-state index < -0.39 is 0 Å². The first-order valence-electron chi connectivity index (χ1n) is 9.10. The molecule has 1 aromatic heterocycles. The number of carbonyl (C=O) groups excluding carboxylic acids is 1. The Morgan fingerprint density at radius 3 is 2.69 bits per heavy atom. The Morgan fingerprint density at radius 1 is 1.17 bits per heavy atom. The van der Waals surface area contributed by atoms with Crippen molar-refractivity contribution in [1.82, 2.24) is 20.1 Å². The predicted molar refractivity (Wildman–Crippen MR) is 112 cm³/mol. The molecule has 0 bridgehead atoms. The second kappa shape index (κ2) is 10.3. The predicted octanol–water partition coefficient (Wildman–Crippen LogP) is 2.93. The molecule has 7 nitrogen and oxygen atoms in total. The van der Waals surface area contributed by atoms with E-state index in [9.17, 15) is 4.79 Å². The Labute approximate surface area is 173 Å². The Bertz CT molecular complexity index is 998. The zero-order valence-electron chi connectivity index (χ0n) is 16.0. The van der Waals surface area contributed by atoms with Crippen molar-refractivity contribution >= 4 is 17.7 Å². The maximum Gasteiger partial charge on any atom is 0.231 e. The number of nitrogens with zero attached hydrogens (tertiary/aromatic N) is 4. The van der Waals surface area contributed by atoms with Gasteiger partial charge in [-0.1, -0.05) is 54.2 Å². The molecule has 0 aliphatic heterocycles. The zero-order valence-corrected chi connectivity index (χ0v) is 16.9. The van der Waals surface area contributed by atoms with E-state index in [2.05, 4.69) is 27.6 Å². The summed E-state index contributed by atoms with van der Waals surface area (Å²) in [5, 5.41) is 20.5. The van der Waals surface area contributed by atoms with Crippen LogP contribution in [0.25, 0.3) is 11.4 Å². The smallest absolute Gasteiger partial charge is 0.231 e. The Hall–Kier alpha value is -3.31. The van der Waals surface area contributed by atoms with Crippen molar-refractivity contribution in [2.45, 2.75) is 18.1 Å². The van der Waals surface area contributed by atoms with Crippen molar-refractivity contribution in [3.05, 3.63) is 60.2 Å². The van der Waals surface area contributed by atoms with Crippen LogP contribution in [0.2, 0.25) is 0 Å². The highest BCUT2D eigenvalue weighted by atomic mass is 32.2. The summed E-state index contributed by atoms with van der Waals surface area (Å²) < 4.78 is 7.49. The summed E-state index contributed by atoms with van der Waals surface area (Å²) in [4.78, 5) is 11.9. The van der Waals surface area contributed by atoms with E-state index in [0.717, 1.165) is 12.0 Å². The molecule has 148 valence electrons. The van der Waals surface area contributed by atoms with E-state index in [1.165, 1.54) is 17.3 Å². The molecule has 3 rings (SSSR count). The molecule has 0 atom stereocenters. The number of hydrogen-bond acceptors (Lipinski definition) is 6. The molecule has 0 aliphatic carbocycles. The van der Waals surface area contributed by atoms with Crippen LogP contribution in [0.1, 0.15) is 5.56 Å². The molecule has 29 heavy (non-hydrogen) atoms. The van der Waals surface area contributed by atoms with Crippen LogP contribution in [0.15, 0.2) is 59.8 Å². The number of hydrogen-bond donors (Lipinski definition) is 1. The lowest BCUT2D eigenvalue weighted by Crippen LogP contribution is -2.25. The number of amides is 1. The zero-order chi connectivity index (χ0) is 20.5. The van der Waals surface area contributed by atoms with Gasteiger partial charge in [0.1, 0.15) is 12.3 Å². The molecule has 0 aliphatic rings. The summed E-state index contributed by atoms with van der Waals surface area (Å²) in [5.41, 5.74) is 2.05. The minimum atomic E-state index is -0.215. The lowest BCUT2D eigenvalue weighted by molar-refractivity contribution is -0.118. The number of aryl methyl sites for hydroxylation is 1. The van der Waals surface area contributed by atoms with Crippen LogP contribution in [-0.2, 0) is 17.8 Å². The maximum atomic E-state index is 11.9. The number of aromatic nitrogens is 3. The molecule has 8 heteroatoms. The molecule has 0 spiro atoms. The average Bonchev–Trinajstić information content (AvgIpc) is 3.18. The van der Waals surface area contributed by atoms with Gasteiger partial charge >= 0.3 is 0 Å². The number of benzene rings is 2. The summed E-state index contributed by atoms with van der Waals surface area (Å²) in [7, 11) is 1.62. The standard InChI is InChI=1S/C21H21N5O2S/c1-28-18-10-6-5-9-17(18)20-24-25-21(29-15-19(27)23-13-12-22)26(20)14-11-16-7-3-2-4-8-16/h2-10H,11,13-15H2,1H3,(H,23,27). The van der Waals surface area contributed by atoms with Gasteiger partial charge in [0.05, 0.1) is 24.5 Å². The molecule has 1 amide bonds. The van der Waals surface area contributed by atoms with Gasteiger partial charge in [-0.05, 0) is 24.1 Å². The number of methoxy groups -OCH3 is 1. The fourth-order valence-corrected chi connectivity index (χ4v) is 3.62. The monoisotopic (exact) mass is 407 g/mol. The van der Waals surface area contributed by atoms with Crippen molar-refractivity contribution in [3.8, 4) is 23.2 Å². The van der Waals surface area contributed by atoms with Gasteiger partial charge in [0.15, 0.2) is 11.0 Å². The number of nitriles is 1. The minimum absolute atomic E-state index is 0.00739. The van der Waals surface area contributed by atoms with E-state index in [-0.39, 0.29) is 18.2 Å². The van der Waals surface area contributed by atoms with Gasteiger partial charge in [0, 0.05) is 6.54 Å². The number of carbonyl (C=O) groups is 1. The van der Waals surface area contributed by atoms with Crippen LogP contribution in [0, 0.1) is 11.3 Å². The Kier molecular flexibility index (Phi) is 7.25. The first-order chi connectivity index (χ1) is 14.2. The van der Waals surface area contributed by atoms with E-state index in [1.54, 1.807) is 7.11 Å². The van der Waals surface area contributed by atoms with Gasteiger partial charge in [0.2, 0.25) is 5.91 Å². The highest BCUT2D eigenvalue weighted by molar-refractivity contribution is 7.99. The molecule has 3 aromatic rings. The van der Waals surface area contributed by atoms with Gasteiger partial charge in [0.25, 0.3) is 0 Å². The van der Waals surface area contributed by atoms with Crippen LogP contribution in [-0.4, -0.2) is 40.1 Å². The fraction of sp³-hybridized carbons (Fsp3) is 0.238. The molecule has 1 heterocycles. The molecule has 0 unspecified atom stereocenters. The highest BCUT2D eigenvalue weighted by Gasteiger charge is 2.18. The number of nitrogens with one attached hydrogen (secondary N) is 1. The summed E-state index contributed by atoms with van der Waals surface area (Å²) in [5.74, 6) is 1.35. The molecule has 0 fully saturated rings. The molecule has 2 aromatic carbocycles. The molecular formula is C21H21N5O2S. The Balaban J connectivity index is 1.86. The van der Waals surface area contributed by atoms with Gasteiger partial charge < -0.3 is 14.6 Å². The summed E-state index contributed by atoms with van der Waals surface area (Å²) in [6, 6.07) is 19.7. The lowest BCUT2D eigenvalue weighted by Gasteiger charge is -2.12. The van der Waals surface area contributed by atoms with Crippen molar-refractivity contribution in [2.75, 3.05) is 19.4 Å². The largest absolute Gasteiger partial charge is 0.496 e. The van der Waals surface area contributed by atoms with Crippen LogP contribution in [0.5, 0.6) is 5.75 Å². The van der Waals surface area contributed by atoms with Crippen LogP contribution < -0.4 is 10.1 Å². The highest BCUT2D eigenvalue weighted by Crippen LogP contribution is 2.31. The normalized spacial score (nSPS) is 10.3. The van der Waals surface area contributed by atoms with E-state index >= 15 is 0 Å². The SMILES string of the molecule is COc1ccccc1-c1nnc(SCC(=O)NCC#N)n1CCc1ccccc1. The summed E-state index contributed by atoms with van der Waals surface area (Å²) >= 11 is 1.30. The second-order valence-corrected chi connectivity index (χ2v) is 7.06. The third-order valence-electron chi connectivity index (χ3n) is 4.23. The molecule has 0 saturated heterocycles. The molecular weight excluding hydrogens is 386 g/mol. The minimum Gasteiger partial charge on any atom is -0.496 e. The average molecular weight is 407 g/mol. The molecule has 0 radical (unpaired) electrons. The third kappa shape index (κ3) is 5.36.